The van der Waals surface area contributed by atoms with Crippen LogP contribution in [0.1, 0.15) is 25.8 Å². The first-order valence-corrected chi connectivity index (χ1v) is 7.19. The van der Waals surface area contributed by atoms with Gasteiger partial charge in [-0.05, 0) is 29.5 Å². The van der Waals surface area contributed by atoms with Gasteiger partial charge in [0.05, 0.1) is 13.5 Å². The molecule has 1 aromatic carbocycles. The zero-order chi connectivity index (χ0) is 15.6. The SMILES string of the molecule is COc1ccc(CC(=O)N2CCC(N)C(C)(C)C2)cc1F.Cl. The molecule has 1 aliphatic heterocycles. The molecule has 22 heavy (non-hydrogen) atoms. The lowest BCUT2D eigenvalue weighted by molar-refractivity contribution is -0.133. The van der Waals surface area contributed by atoms with Crippen LogP contribution in [0.4, 0.5) is 4.39 Å². The van der Waals surface area contributed by atoms with Crippen LogP contribution in [0.5, 0.6) is 5.75 Å². The Labute approximate surface area is 137 Å². The van der Waals surface area contributed by atoms with Crippen LogP contribution >= 0.6 is 12.4 Å². The van der Waals surface area contributed by atoms with Crippen LogP contribution in [0.3, 0.4) is 0 Å². The molecule has 4 nitrogen and oxygen atoms in total. The van der Waals surface area contributed by atoms with Gasteiger partial charge in [0.2, 0.25) is 5.91 Å². The first kappa shape index (κ1) is 18.7. The topological polar surface area (TPSA) is 55.6 Å². The Morgan fingerprint density at radius 1 is 1.50 bits per heavy atom. The first-order valence-electron chi connectivity index (χ1n) is 7.19. The van der Waals surface area contributed by atoms with Crippen LogP contribution in [0.15, 0.2) is 18.2 Å². The third-order valence-electron chi connectivity index (χ3n) is 4.24. The zero-order valence-corrected chi connectivity index (χ0v) is 14.1. The third-order valence-corrected chi connectivity index (χ3v) is 4.24. The molecular weight excluding hydrogens is 307 g/mol. The summed E-state index contributed by atoms with van der Waals surface area (Å²) < 4.78 is 18.5. The molecule has 0 radical (unpaired) electrons. The molecule has 1 aliphatic rings. The molecular formula is C16H24ClFN2O2. The van der Waals surface area contributed by atoms with Gasteiger partial charge in [-0.15, -0.1) is 12.4 Å². The van der Waals surface area contributed by atoms with E-state index in [1.807, 2.05) is 4.90 Å². The fourth-order valence-corrected chi connectivity index (χ4v) is 2.69. The van der Waals surface area contributed by atoms with Crippen molar-refractivity contribution in [1.29, 1.82) is 0 Å². The molecule has 1 unspecified atom stereocenters. The van der Waals surface area contributed by atoms with Gasteiger partial charge in [0.25, 0.3) is 0 Å². The molecule has 0 aliphatic carbocycles. The third kappa shape index (κ3) is 4.11. The van der Waals surface area contributed by atoms with Gasteiger partial charge in [0, 0.05) is 19.1 Å². The molecule has 1 heterocycles. The highest BCUT2D eigenvalue weighted by Crippen LogP contribution is 2.28. The van der Waals surface area contributed by atoms with Gasteiger partial charge in [-0.2, -0.15) is 0 Å². The summed E-state index contributed by atoms with van der Waals surface area (Å²) in [5.41, 5.74) is 6.65. The molecule has 2 N–H and O–H groups in total. The molecule has 1 fully saturated rings. The minimum atomic E-state index is -0.441. The molecule has 0 spiro atoms. The number of methoxy groups -OCH3 is 1. The minimum Gasteiger partial charge on any atom is -0.494 e. The van der Waals surface area contributed by atoms with E-state index in [1.54, 1.807) is 12.1 Å². The van der Waals surface area contributed by atoms with Crippen molar-refractivity contribution in [2.75, 3.05) is 20.2 Å². The Kier molecular flexibility index (Phi) is 6.20. The van der Waals surface area contributed by atoms with Crippen molar-refractivity contribution in [2.24, 2.45) is 11.1 Å². The largest absolute Gasteiger partial charge is 0.494 e. The molecule has 1 amide bonds. The predicted octanol–water partition coefficient (Wildman–Crippen LogP) is 2.38. The van der Waals surface area contributed by atoms with E-state index in [2.05, 4.69) is 13.8 Å². The summed E-state index contributed by atoms with van der Waals surface area (Å²) in [5.74, 6) is -0.236. The number of hydrogen-bond donors (Lipinski definition) is 1. The molecule has 2 rings (SSSR count). The van der Waals surface area contributed by atoms with E-state index in [0.717, 1.165) is 6.42 Å². The van der Waals surface area contributed by atoms with E-state index in [4.69, 9.17) is 10.5 Å². The van der Waals surface area contributed by atoms with Crippen LogP contribution in [0, 0.1) is 11.2 Å². The molecule has 1 atom stereocenters. The molecule has 124 valence electrons. The summed E-state index contributed by atoms with van der Waals surface area (Å²) in [4.78, 5) is 14.2. The van der Waals surface area contributed by atoms with Crippen molar-refractivity contribution in [1.82, 2.24) is 4.90 Å². The van der Waals surface area contributed by atoms with Gasteiger partial charge in [0.1, 0.15) is 0 Å². The van der Waals surface area contributed by atoms with Gasteiger partial charge < -0.3 is 15.4 Å². The highest BCUT2D eigenvalue weighted by atomic mass is 35.5. The van der Waals surface area contributed by atoms with E-state index in [0.29, 0.717) is 18.7 Å². The number of hydrogen-bond acceptors (Lipinski definition) is 3. The van der Waals surface area contributed by atoms with Crippen LogP contribution in [0.2, 0.25) is 0 Å². The normalized spacial score (nSPS) is 20.2. The number of rotatable bonds is 3. The fraction of sp³-hybridized carbons (Fsp3) is 0.562. The van der Waals surface area contributed by atoms with Crippen LogP contribution in [-0.4, -0.2) is 37.0 Å². The smallest absolute Gasteiger partial charge is 0.227 e. The zero-order valence-electron chi connectivity index (χ0n) is 13.3. The maximum absolute atomic E-state index is 13.7. The lowest BCUT2D eigenvalue weighted by Crippen LogP contribution is -2.54. The number of amides is 1. The van der Waals surface area contributed by atoms with Gasteiger partial charge in [0.15, 0.2) is 11.6 Å². The highest BCUT2D eigenvalue weighted by molar-refractivity contribution is 5.85. The van der Waals surface area contributed by atoms with E-state index >= 15 is 0 Å². The number of likely N-dealkylation sites (tertiary alicyclic amines) is 1. The monoisotopic (exact) mass is 330 g/mol. The summed E-state index contributed by atoms with van der Waals surface area (Å²) in [6.07, 6.45) is 1.00. The molecule has 0 aromatic heterocycles. The van der Waals surface area contributed by atoms with Gasteiger partial charge >= 0.3 is 0 Å². The molecule has 1 aromatic rings. The van der Waals surface area contributed by atoms with E-state index in [-0.39, 0.29) is 41.9 Å². The quantitative estimate of drug-likeness (QED) is 0.925. The average molecular weight is 331 g/mol. The predicted molar refractivity (Wildman–Crippen MR) is 86.9 cm³/mol. The number of nitrogens with zero attached hydrogens (tertiary/aromatic N) is 1. The van der Waals surface area contributed by atoms with E-state index < -0.39 is 5.82 Å². The van der Waals surface area contributed by atoms with Crippen molar-refractivity contribution in [3.05, 3.63) is 29.6 Å². The van der Waals surface area contributed by atoms with E-state index in [9.17, 15) is 9.18 Å². The summed E-state index contributed by atoms with van der Waals surface area (Å²) in [6, 6.07) is 4.74. The van der Waals surface area contributed by atoms with Crippen molar-refractivity contribution in [2.45, 2.75) is 32.7 Å². The van der Waals surface area contributed by atoms with Crippen LogP contribution < -0.4 is 10.5 Å². The lowest BCUT2D eigenvalue weighted by atomic mass is 9.79. The Balaban J connectivity index is 0.00000242. The average Bonchev–Trinajstić information content (AvgIpc) is 2.42. The van der Waals surface area contributed by atoms with Crippen molar-refractivity contribution in [3.63, 3.8) is 0 Å². The van der Waals surface area contributed by atoms with E-state index in [1.165, 1.54) is 13.2 Å². The number of piperidine rings is 1. The summed E-state index contributed by atoms with van der Waals surface area (Å²) in [6.45, 7) is 5.46. The molecule has 6 heteroatoms. The second kappa shape index (κ2) is 7.29. The second-order valence-corrected chi connectivity index (χ2v) is 6.34. The van der Waals surface area contributed by atoms with Crippen LogP contribution in [0.25, 0.3) is 0 Å². The first-order chi connectivity index (χ1) is 9.83. The number of benzene rings is 1. The maximum atomic E-state index is 13.7. The standard InChI is InChI=1S/C16H23FN2O2.ClH/c1-16(2)10-19(7-6-14(16)18)15(20)9-11-4-5-13(21-3)12(17)8-11;/h4-5,8,14H,6-7,9-10,18H2,1-3H3;1H. The number of halogens is 2. The Morgan fingerprint density at radius 2 is 2.18 bits per heavy atom. The summed E-state index contributed by atoms with van der Waals surface area (Å²) in [5, 5.41) is 0. The van der Waals surface area contributed by atoms with Gasteiger partial charge in [-0.3, -0.25) is 4.79 Å². The lowest BCUT2D eigenvalue weighted by Gasteiger charge is -2.42. The molecule has 0 saturated carbocycles. The summed E-state index contributed by atoms with van der Waals surface area (Å²) in [7, 11) is 1.42. The van der Waals surface area contributed by atoms with Gasteiger partial charge in [-0.1, -0.05) is 19.9 Å². The second-order valence-electron chi connectivity index (χ2n) is 6.34. The Bertz CT molecular complexity index is 537. The van der Waals surface area contributed by atoms with Crippen LogP contribution in [-0.2, 0) is 11.2 Å². The molecule has 1 saturated heterocycles. The van der Waals surface area contributed by atoms with Crippen molar-refractivity contribution >= 4 is 18.3 Å². The van der Waals surface area contributed by atoms with Crippen molar-refractivity contribution < 1.29 is 13.9 Å². The summed E-state index contributed by atoms with van der Waals surface area (Å²) >= 11 is 0. The number of ether oxygens (including phenoxy) is 1. The number of carbonyl (C=O) groups is 1. The fourth-order valence-electron chi connectivity index (χ4n) is 2.69. The highest BCUT2D eigenvalue weighted by Gasteiger charge is 2.35. The molecule has 0 bridgehead atoms. The number of nitrogens with two attached hydrogens (primary N) is 1. The Hall–Kier alpha value is -1.33. The van der Waals surface area contributed by atoms with Gasteiger partial charge in [-0.25, -0.2) is 4.39 Å². The van der Waals surface area contributed by atoms with Crippen molar-refractivity contribution in [3.8, 4) is 5.75 Å². The Morgan fingerprint density at radius 3 is 2.73 bits per heavy atom. The maximum Gasteiger partial charge on any atom is 0.227 e. The minimum absolute atomic E-state index is 0. The number of carbonyl (C=O) groups excluding carboxylic acids is 1.